The van der Waals surface area contributed by atoms with Crippen molar-refractivity contribution >= 4 is 12.2 Å². The Labute approximate surface area is 77.4 Å². The summed E-state index contributed by atoms with van der Waals surface area (Å²) >= 11 is 0. The molecule has 0 aromatic heterocycles. The topological polar surface area (TPSA) is 37.4 Å². The summed E-state index contributed by atoms with van der Waals surface area (Å²) in [5, 5.41) is 0. The Balaban J connectivity index is 2.28. The van der Waals surface area contributed by atoms with Crippen molar-refractivity contribution in [1.82, 2.24) is 4.90 Å². The van der Waals surface area contributed by atoms with Crippen LogP contribution in [0.5, 0.6) is 0 Å². The number of rotatable bonds is 1. The zero-order valence-corrected chi connectivity index (χ0v) is 7.69. The second-order valence-electron chi connectivity index (χ2n) is 3.88. The third kappa shape index (κ3) is 1.28. The number of carbonyl (C=O) groups excluding carboxylic acids is 2. The van der Waals surface area contributed by atoms with E-state index in [9.17, 15) is 9.59 Å². The minimum absolute atomic E-state index is 0.163. The van der Waals surface area contributed by atoms with Crippen molar-refractivity contribution in [2.45, 2.75) is 32.2 Å². The summed E-state index contributed by atoms with van der Waals surface area (Å²) in [6.45, 7) is 2.04. The van der Waals surface area contributed by atoms with Crippen molar-refractivity contribution in [1.29, 1.82) is 0 Å². The van der Waals surface area contributed by atoms with Crippen molar-refractivity contribution in [2.75, 3.05) is 0 Å². The predicted octanol–water partition coefficient (Wildman–Crippen LogP) is 1.10. The molecule has 0 N–H and O–H groups in total. The van der Waals surface area contributed by atoms with Crippen LogP contribution in [0.1, 0.15) is 26.2 Å². The van der Waals surface area contributed by atoms with Gasteiger partial charge in [0, 0.05) is 24.2 Å². The lowest BCUT2D eigenvalue weighted by Gasteiger charge is -2.30. The van der Waals surface area contributed by atoms with E-state index in [-0.39, 0.29) is 5.91 Å². The van der Waals surface area contributed by atoms with Gasteiger partial charge in [0.1, 0.15) is 6.29 Å². The van der Waals surface area contributed by atoms with Gasteiger partial charge in [-0.2, -0.15) is 0 Å². The van der Waals surface area contributed by atoms with Crippen LogP contribution in [0.4, 0.5) is 0 Å². The standard InChI is InChI=1S/C10H13NO2/c1-7-4-9-2-3-10(13)11(9)5-8(7)6-12/h5-7,9H,2-4H2,1H3. The van der Waals surface area contributed by atoms with Crippen LogP contribution in [-0.2, 0) is 9.59 Å². The summed E-state index contributed by atoms with van der Waals surface area (Å²) in [4.78, 5) is 23.7. The molecule has 0 spiro atoms. The smallest absolute Gasteiger partial charge is 0.226 e. The van der Waals surface area contributed by atoms with Gasteiger partial charge in [-0.15, -0.1) is 0 Å². The van der Waals surface area contributed by atoms with E-state index in [0.29, 0.717) is 18.4 Å². The first kappa shape index (κ1) is 8.48. The van der Waals surface area contributed by atoms with Crippen molar-refractivity contribution in [2.24, 2.45) is 5.92 Å². The number of allylic oxidation sites excluding steroid dienone is 1. The van der Waals surface area contributed by atoms with Crippen LogP contribution in [0, 0.1) is 5.92 Å². The lowest BCUT2D eigenvalue weighted by atomic mass is 9.91. The lowest BCUT2D eigenvalue weighted by Crippen LogP contribution is -2.34. The van der Waals surface area contributed by atoms with E-state index in [1.165, 1.54) is 0 Å². The molecule has 2 atom stereocenters. The Morgan fingerprint density at radius 2 is 2.38 bits per heavy atom. The number of carbonyl (C=O) groups is 2. The normalized spacial score (nSPS) is 32.8. The van der Waals surface area contributed by atoms with Gasteiger partial charge >= 0.3 is 0 Å². The van der Waals surface area contributed by atoms with E-state index in [4.69, 9.17) is 0 Å². The molecule has 0 aliphatic carbocycles. The molecule has 0 saturated carbocycles. The molecule has 1 amide bonds. The van der Waals surface area contributed by atoms with Crippen LogP contribution in [0.15, 0.2) is 11.8 Å². The molecule has 0 aromatic rings. The Bertz CT molecular complexity index is 283. The van der Waals surface area contributed by atoms with Crippen LogP contribution in [0.3, 0.4) is 0 Å². The lowest BCUT2D eigenvalue weighted by molar-refractivity contribution is -0.126. The van der Waals surface area contributed by atoms with Crippen molar-refractivity contribution < 1.29 is 9.59 Å². The number of fused-ring (bicyclic) bond motifs is 1. The molecule has 3 nitrogen and oxygen atoms in total. The predicted molar refractivity (Wildman–Crippen MR) is 47.8 cm³/mol. The highest BCUT2D eigenvalue weighted by Crippen LogP contribution is 2.32. The Hall–Kier alpha value is -1.12. The van der Waals surface area contributed by atoms with Gasteiger partial charge in [-0.3, -0.25) is 9.59 Å². The van der Waals surface area contributed by atoms with Crippen LogP contribution in [0.2, 0.25) is 0 Å². The van der Waals surface area contributed by atoms with E-state index in [1.54, 1.807) is 11.1 Å². The highest BCUT2D eigenvalue weighted by atomic mass is 16.2. The maximum atomic E-state index is 11.3. The molecule has 2 aliphatic rings. The molecule has 13 heavy (non-hydrogen) atoms. The zero-order chi connectivity index (χ0) is 9.42. The van der Waals surface area contributed by atoms with Crippen molar-refractivity contribution in [3.63, 3.8) is 0 Å². The third-order valence-electron chi connectivity index (χ3n) is 2.99. The Morgan fingerprint density at radius 1 is 1.62 bits per heavy atom. The Kier molecular flexibility index (Phi) is 1.94. The molecule has 0 aromatic carbocycles. The molecule has 3 heteroatoms. The van der Waals surface area contributed by atoms with Gasteiger partial charge < -0.3 is 4.90 Å². The Morgan fingerprint density at radius 3 is 3.08 bits per heavy atom. The van der Waals surface area contributed by atoms with E-state index in [1.807, 2.05) is 6.92 Å². The van der Waals surface area contributed by atoms with E-state index in [0.717, 1.165) is 24.7 Å². The maximum Gasteiger partial charge on any atom is 0.226 e. The molecule has 2 aliphatic heterocycles. The molecular formula is C10H13NO2. The zero-order valence-electron chi connectivity index (χ0n) is 7.69. The quantitative estimate of drug-likeness (QED) is 0.565. The molecule has 1 fully saturated rings. The van der Waals surface area contributed by atoms with E-state index >= 15 is 0 Å². The molecular weight excluding hydrogens is 166 g/mol. The molecule has 70 valence electrons. The molecule has 2 heterocycles. The number of amides is 1. The highest BCUT2D eigenvalue weighted by Gasteiger charge is 2.34. The molecule has 1 saturated heterocycles. The minimum atomic E-state index is 0.163. The number of hydrogen-bond donors (Lipinski definition) is 0. The maximum absolute atomic E-state index is 11.3. The summed E-state index contributed by atoms with van der Waals surface area (Å²) in [6, 6.07) is 0.353. The third-order valence-corrected chi connectivity index (χ3v) is 2.99. The van der Waals surface area contributed by atoms with Crippen LogP contribution >= 0.6 is 0 Å². The summed E-state index contributed by atoms with van der Waals surface area (Å²) in [5.74, 6) is 0.473. The SMILES string of the molecule is CC1CC2CCC(=O)N2C=C1C=O. The summed E-state index contributed by atoms with van der Waals surface area (Å²) < 4.78 is 0. The fraction of sp³-hybridized carbons (Fsp3) is 0.600. The van der Waals surface area contributed by atoms with Gasteiger partial charge in [0.05, 0.1) is 0 Å². The van der Waals surface area contributed by atoms with Crippen molar-refractivity contribution in [3.8, 4) is 0 Å². The minimum Gasteiger partial charge on any atom is -0.316 e. The van der Waals surface area contributed by atoms with Gasteiger partial charge in [0.15, 0.2) is 0 Å². The second-order valence-corrected chi connectivity index (χ2v) is 3.88. The first-order valence-corrected chi connectivity index (χ1v) is 4.70. The summed E-state index contributed by atoms with van der Waals surface area (Å²) in [5.41, 5.74) is 0.756. The van der Waals surface area contributed by atoms with E-state index < -0.39 is 0 Å². The first-order chi connectivity index (χ1) is 6.22. The largest absolute Gasteiger partial charge is 0.316 e. The average molecular weight is 179 g/mol. The molecule has 0 bridgehead atoms. The number of hydrogen-bond acceptors (Lipinski definition) is 2. The highest BCUT2D eigenvalue weighted by molar-refractivity contribution is 5.83. The average Bonchev–Trinajstić information content (AvgIpc) is 2.46. The van der Waals surface area contributed by atoms with Gasteiger partial charge in [-0.1, -0.05) is 6.92 Å². The van der Waals surface area contributed by atoms with Gasteiger partial charge in [-0.05, 0) is 18.8 Å². The fourth-order valence-corrected chi connectivity index (χ4v) is 2.15. The van der Waals surface area contributed by atoms with Gasteiger partial charge in [0.2, 0.25) is 5.91 Å². The number of aldehydes is 1. The first-order valence-electron chi connectivity index (χ1n) is 4.70. The summed E-state index contributed by atoms with van der Waals surface area (Å²) in [7, 11) is 0. The summed E-state index contributed by atoms with van der Waals surface area (Å²) in [6.07, 6.45) is 5.13. The van der Waals surface area contributed by atoms with Gasteiger partial charge in [0.25, 0.3) is 0 Å². The van der Waals surface area contributed by atoms with E-state index in [2.05, 4.69) is 0 Å². The molecule has 0 radical (unpaired) electrons. The van der Waals surface area contributed by atoms with Gasteiger partial charge in [-0.25, -0.2) is 0 Å². The fourth-order valence-electron chi connectivity index (χ4n) is 2.15. The monoisotopic (exact) mass is 179 g/mol. The molecule has 2 unspecified atom stereocenters. The van der Waals surface area contributed by atoms with Crippen LogP contribution in [-0.4, -0.2) is 23.1 Å². The molecule has 2 rings (SSSR count). The van der Waals surface area contributed by atoms with Crippen molar-refractivity contribution in [3.05, 3.63) is 11.8 Å². The number of nitrogens with zero attached hydrogens (tertiary/aromatic N) is 1. The van der Waals surface area contributed by atoms with Crippen LogP contribution in [0.25, 0.3) is 0 Å². The second kappa shape index (κ2) is 2.98. The van der Waals surface area contributed by atoms with Crippen LogP contribution < -0.4 is 0 Å².